The van der Waals surface area contributed by atoms with E-state index < -0.39 is 17.8 Å². The second kappa shape index (κ2) is 7.32. The molecule has 0 fully saturated rings. The lowest BCUT2D eigenvalue weighted by Gasteiger charge is -2.13. The third-order valence-corrected chi connectivity index (χ3v) is 5.37. The van der Waals surface area contributed by atoms with E-state index in [-0.39, 0.29) is 5.56 Å². The molecule has 28 heavy (non-hydrogen) atoms. The Labute approximate surface area is 163 Å². The molecule has 2 aromatic carbocycles. The van der Waals surface area contributed by atoms with E-state index in [9.17, 15) is 14.0 Å². The summed E-state index contributed by atoms with van der Waals surface area (Å²) in [4.78, 5) is 26.8. The number of aromatic nitrogens is 3. The van der Waals surface area contributed by atoms with Gasteiger partial charge in [-0.15, -0.1) is 16.4 Å². The molecule has 4 aromatic rings. The molecule has 1 N–H and O–H groups in total. The van der Waals surface area contributed by atoms with Crippen LogP contribution in [0.3, 0.4) is 0 Å². The van der Waals surface area contributed by atoms with Gasteiger partial charge in [0, 0.05) is 10.6 Å². The van der Waals surface area contributed by atoms with Crippen LogP contribution in [0.5, 0.6) is 0 Å². The van der Waals surface area contributed by atoms with E-state index in [0.717, 1.165) is 15.1 Å². The summed E-state index contributed by atoms with van der Waals surface area (Å²) in [5.74, 6) is -0.842. The molecule has 6 nitrogen and oxygen atoms in total. The van der Waals surface area contributed by atoms with E-state index in [1.807, 2.05) is 30.3 Å². The van der Waals surface area contributed by atoms with Gasteiger partial charge in [0.15, 0.2) is 4.83 Å². The third kappa shape index (κ3) is 3.41. The molecule has 8 heteroatoms. The molecule has 140 valence electrons. The predicted molar refractivity (Wildman–Crippen MR) is 107 cm³/mol. The molecule has 1 atom stereocenters. The Balaban J connectivity index is 1.64. The Morgan fingerprint density at radius 2 is 1.86 bits per heavy atom. The number of amides is 1. The van der Waals surface area contributed by atoms with Gasteiger partial charge in [-0.1, -0.05) is 35.5 Å². The van der Waals surface area contributed by atoms with Crippen molar-refractivity contribution in [2.24, 2.45) is 0 Å². The highest BCUT2D eigenvalue weighted by Crippen LogP contribution is 2.30. The van der Waals surface area contributed by atoms with Crippen LogP contribution < -0.4 is 10.9 Å². The molecule has 0 bridgehead atoms. The predicted octanol–water partition coefficient (Wildman–Crippen LogP) is 3.86. The van der Waals surface area contributed by atoms with Crippen LogP contribution in [0.1, 0.15) is 13.0 Å². The van der Waals surface area contributed by atoms with E-state index in [1.54, 1.807) is 13.0 Å². The van der Waals surface area contributed by atoms with Gasteiger partial charge in [0.1, 0.15) is 11.9 Å². The minimum Gasteiger partial charge on any atom is -0.324 e. The normalized spacial score (nSPS) is 12.1. The van der Waals surface area contributed by atoms with Crippen molar-refractivity contribution in [1.82, 2.24) is 15.0 Å². The van der Waals surface area contributed by atoms with E-state index >= 15 is 0 Å². The van der Waals surface area contributed by atoms with Gasteiger partial charge in [0.2, 0.25) is 5.91 Å². The first-order chi connectivity index (χ1) is 13.5. The fourth-order valence-electron chi connectivity index (χ4n) is 2.75. The number of carbonyl (C=O) groups is 1. The average molecular weight is 394 g/mol. The maximum absolute atomic E-state index is 13.0. The Bertz CT molecular complexity index is 1200. The van der Waals surface area contributed by atoms with Gasteiger partial charge in [0.25, 0.3) is 5.56 Å². The maximum atomic E-state index is 13.0. The first-order valence-electron chi connectivity index (χ1n) is 8.54. The summed E-state index contributed by atoms with van der Waals surface area (Å²) in [6.07, 6.45) is 0. The van der Waals surface area contributed by atoms with Crippen molar-refractivity contribution in [3.8, 4) is 10.4 Å². The van der Waals surface area contributed by atoms with E-state index in [4.69, 9.17) is 0 Å². The van der Waals surface area contributed by atoms with Crippen LogP contribution in [-0.4, -0.2) is 20.9 Å². The number of hydrogen-bond acceptors (Lipinski definition) is 5. The monoisotopic (exact) mass is 394 g/mol. The number of nitrogens with one attached hydrogen (secondary N) is 1. The quantitative estimate of drug-likeness (QED) is 0.570. The molecule has 0 radical (unpaired) electrons. The summed E-state index contributed by atoms with van der Waals surface area (Å²) < 4.78 is 14.1. The number of carbonyl (C=O) groups excluding carboxylic acids is 1. The number of anilines is 1. The minimum atomic E-state index is -0.880. The molecule has 0 saturated carbocycles. The summed E-state index contributed by atoms with van der Waals surface area (Å²) in [6, 6.07) is 15.9. The fourth-order valence-corrected chi connectivity index (χ4v) is 3.72. The van der Waals surface area contributed by atoms with Crippen molar-refractivity contribution in [2.75, 3.05) is 5.32 Å². The number of rotatable bonds is 4. The molecule has 2 aromatic heterocycles. The largest absolute Gasteiger partial charge is 0.324 e. The summed E-state index contributed by atoms with van der Waals surface area (Å²) in [5.41, 5.74) is 1.03. The molecule has 0 saturated heterocycles. The first kappa shape index (κ1) is 18.0. The van der Waals surface area contributed by atoms with Crippen molar-refractivity contribution in [2.45, 2.75) is 13.0 Å². The van der Waals surface area contributed by atoms with Gasteiger partial charge in [-0.05, 0) is 42.8 Å². The molecule has 1 amide bonds. The van der Waals surface area contributed by atoms with Crippen LogP contribution in [0, 0.1) is 5.82 Å². The van der Waals surface area contributed by atoms with Crippen molar-refractivity contribution in [3.05, 3.63) is 76.8 Å². The zero-order valence-electron chi connectivity index (χ0n) is 14.8. The molecule has 0 aliphatic carbocycles. The Hall–Kier alpha value is -3.39. The Kier molecular flexibility index (Phi) is 4.70. The molecule has 0 unspecified atom stereocenters. The van der Waals surface area contributed by atoms with Crippen LogP contribution in [0.2, 0.25) is 0 Å². The Morgan fingerprint density at radius 3 is 2.57 bits per heavy atom. The summed E-state index contributed by atoms with van der Waals surface area (Å²) in [7, 11) is 0. The van der Waals surface area contributed by atoms with E-state index in [0.29, 0.717) is 15.9 Å². The van der Waals surface area contributed by atoms with Crippen molar-refractivity contribution < 1.29 is 9.18 Å². The van der Waals surface area contributed by atoms with Gasteiger partial charge in [0.05, 0.1) is 5.39 Å². The lowest BCUT2D eigenvalue weighted by molar-refractivity contribution is -0.119. The molecular weight excluding hydrogens is 379 g/mol. The third-order valence-electron chi connectivity index (χ3n) is 4.30. The molecule has 0 aliphatic rings. The molecule has 4 rings (SSSR count). The second-order valence-electron chi connectivity index (χ2n) is 6.21. The summed E-state index contributed by atoms with van der Waals surface area (Å²) in [5, 5.41) is 11.1. The smallest absolute Gasteiger partial charge is 0.279 e. The van der Waals surface area contributed by atoms with Gasteiger partial charge in [-0.25, -0.2) is 4.39 Å². The molecule has 0 spiro atoms. The van der Waals surface area contributed by atoms with Gasteiger partial charge >= 0.3 is 0 Å². The minimum absolute atomic E-state index is 0.384. The van der Waals surface area contributed by atoms with Crippen LogP contribution in [0.4, 0.5) is 10.1 Å². The number of fused-ring (bicyclic) bond motifs is 1. The van der Waals surface area contributed by atoms with Crippen molar-refractivity contribution >= 4 is 33.1 Å². The van der Waals surface area contributed by atoms with Gasteiger partial charge in [-0.3, -0.25) is 9.59 Å². The highest BCUT2D eigenvalue weighted by molar-refractivity contribution is 7.21. The zero-order chi connectivity index (χ0) is 19.7. The Morgan fingerprint density at radius 1 is 1.14 bits per heavy atom. The SMILES string of the molecule is C[C@H](C(=O)Nc1ccc(F)cc1)n1nnc2sc(-c3ccccc3)cc2c1=O. The number of nitrogens with zero attached hydrogens (tertiary/aromatic N) is 3. The standard InChI is InChI=1S/C20H15FN4O2S/c1-12(18(26)22-15-9-7-14(21)8-10-15)25-20(27)16-11-17(28-19(16)23-24-25)13-5-3-2-4-6-13/h2-12H,1H3,(H,22,26)/t12-/m1/s1. The van der Waals surface area contributed by atoms with Crippen LogP contribution in [-0.2, 0) is 4.79 Å². The first-order valence-corrected chi connectivity index (χ1v) is 9.35. The number of halogens is 1. The van der Waals surface area contributed by atoms with Gasteiger partial charge in [-0.2, -0.15) is 4.68 Å². The topological polar surface area (TPSA) is 76.9 Å². The molecular formula is C20H15FN4O2S. The highest BCUT2D eigenvalue weighted by Gasteiger charge is 2.20. The van der Waals surface area contributed by atoms with Crippen LogP contribution in [0.15, 0.2) is 65.5 Å². The second-order valence-corrected chi connectivity index (χ2v) is 7.24. The van der Waals surface area contributed by atoms with Crippen LogP contribution in [0.25, 0.3) is 20.7 Å². The number of benzene rings is 2. The van der Waals surface area contributed by atoms with E-state index in [1.165, 1.54) is 35.6 Å². The maximum Gasteiger partial charge on any atom is 0.279 e. The fraction of sp³-hybridized carbons (Fsp3) is 0.100. The summed E-state index contributed by atoms with van der Waals surface area (Å²) in [6.45, 7) is 1.56. The molecule has 2 heterocycles. The number of hydrogen-bond donors (Lipinski definition) is 1. The van der Waals surface area contributed by atoms with Crippen molar-refractivity contribution in [1.29, 1.82) is 0 Å². The molecule has 0 aliphatic heterocycles. The lowest BCUT2D eigenvalue weighted by Crippen LogP contribution is -2.33. The summed E-state index contributed by atoms with van der Waals surface area (Å²) >= 11 is 1.37. The zero-order valence-corrected chi connectivity index (χ0v) is 15.6. The average Bonchev–Trinajstić information content (AvgIpc) is 3.15. The highest BCUT2D eigenvalue weighted by atomic mass is 32.1. The number of thiophene rings is 1. The van der Waals surface area contributed by atoms with E-state index in [2.05, 4.69) is 15.6 Å². The van der Waals surface area contributed by atoms with Crippen LogP contribution >= 0.6 is 11.3 Å². The van der Waals surface area contributed by atoms with Crippen molar-refractivity contribution in [3.63, 3.8) is 0 Å². The van der Waals surface area contributed by atoms with Gasteiger partial charge < -0.3 is 5.32 Å². The lowest BCUT2D eigenvalue weighted by atomic mass is 10.2.